The molecule has 1 heterocycles. The number of hydrogen-bond donors (Lipinski definition) is 1. The summed E-state index contributed by atoms with van der Waals surface area (Å²) in [4.78, 5) is 9.75. The molecule has 0 bridgehead atoms. The van der Waals surface area contributed by atoms with Gasteiger partial charge in [-0.1, -0.05) is 0 Å². The first kappa shape index (κ1) is 6.44. The molecule has 5 heteroatoms. The summed E-state index contributed by atoms with van der Waals surface area (Å²) in [6.07, 6.45) is 0. The lowest BCUT2D eigenvalue weighted by Gasteiger charge is -2.02. The maximum absolute atomic E-state index is 10.1. The Kier molecular flexibility index (Phi) is 1.63. The third kappa shape index (κ3) is 1.36. The lowest BCUT2D eigenvalue weighted by molar-refractivity contribution is -0.509. The molecule has 1 rings (SSSR count). The molecule has 1 saturated heterocycles. The van der Waals surface area contributed by atoms with Gasteiger partial charge >= 0.3 is 0 Å². The summed E-state index contributed by atoms with van der Waals surface area (Å²) in [5, 5.41) is 11.7. The van der Waals surface area contributed by atoms with Crippen LogP contribution in [-0.2, 0) is 0 Å². The molecular weight excluding hydrogens is 122 g/mol. The predicted octanol–water partition coefficient (Wildman–Crippen LogP) is -0.757. The Morgan fingerprint density at radius 2 is 2.67 bits per heavy atom. The Bertz CT molecular complexity index is 127. The van der Waals surface area contributed by atoms with Crippen molar-refractivity contribution in [3.8, 4) is 0 Å². The van der Waals surface area contributed by atoms with Crippen molar-refractivity contribution < 1.29 is 4.92 Å². The maximum Gasteiger partial charge on any atom is 0.245 e. The van der Waals surface area contributed by atoms with Crippen molar-refractivity contribution in [2.24, 2.45) is 0 Å². The Hall–Kier alpha value is -0.680. The third-order valence-electron chi connectivity index (χ3n) is 1.22. The van der Waals surface area contributed by atoms with E-state index in [-0.39, 0.29) is 4.92 Å². The number of nitrogens with one attached hydrogen (secondary N) is 1. The molecule has 1 radical (unpaired) electrons. The topological polar surface area (TPSA) is 58.4 Å². The minimum Gasteiger partial charge on any atom is -0.264 e. The average Bonchev–Trinajstić information content (AvgIpc) is 2.14. The Morgan fingerprint density at radius 1 is 2.00 bits per heavy atom. The Labute approximate surface area is 52.8 Å². The molecule has 51 valence electrons. The molecule has 0 aromatic heterocycles. The van der Waals surface area contributed by atoms with Gasteiger partial charge in [0, 0.05) is 12.0 Å². The summed E-state index contributed by atoms with van der Waals surface area (Å²) < 4.78 is 0. The molecule has 0 aromatic rings. The van der Waals surface area contributed by atoms with E-state index in [9.17, 15) is 10.1 Å². The van der Waals surface area contributed by atoms with Gasteiger partial charge < -0.3 is 0 Å². The van der Waals surface area contributed by atoms with Crippen LogP contribution in [0.15, 0.2) is 0 Å². The maximum atomic E-state index is 10.1. The fourth-order valence-corrected chi connectivity index (χ4v) is 0.727. The summed E-state index contributed by atoms with van der Waals surface area (Å²) in [5.74, 6) is 0. The van der Waals surface area contributed by atoms with Gasteiger partial charge in [-0.3, -0.25) is 10.1 Å². The number of likely N-dealkylation sites (N-methyl/N-ethyl adjacent to an activating group) is 1. The molecule has 1 atom stereocenters. The second-order valence-electron chi connectivity index (χ2n) is 2.03. The SMILES string of the molecule is CN1CC([N+](=O)[O-])[CH]N1. The van der Waals surface area contributed by atoms with E-state index in [1.54, 1.807) is 12.1 Å². The molecule has 1 fully saturated rings. The summed E-state index contributed by atoms with van der Waals surface area (Å²) in [6, 6.07) is -0.546. The van der Waals surface area contributed by atoms with Crippen LogP contribution in [-0.4, -0.2) is 29.6 Å². The molecule has 1 aliphatic rings. The zero-order chi connectivity index (χ0) is 6.85. The fourth-order valence-electron chi connectivity index (χ4n) is 0.727. The van der Waals surface area contributed by atoms with Crippen molar-refractivity contribution in [2.75, 3.05) is 13.6 Å². The van der Waals surface area contributed by atoms with Crippen LogP contribution in [0.1, 0.15) is 0 Å². The molecule has 1 aliphatic heterocycles. The molecule has 0 amide bonds. The lowest BCUT2D eigenvalue weighted by atomic mass is 10.3. The van der Waals surface area contributed by atoms with Crippen LogP contribution in [0.4, 0.5) is 0 Å². The van der Waals surface area contributed by atoms with E-state index in [2.05, 4.69) is 5.43 Å². The Morgan fingerprint density at radius 3 is 2.89 bits per heavy atom. The summed E-state index contributed by atoms with van der Waals surface area (Å²) in [6.45, 7) is 1.92. The quantitative estimate of drug-likeness (QED) is 0.374. The van der Waals surface area contributed by atoms with Crippen LogP contribution in [0.2, 0.25) is 0 Å². The van der Waals surface area contributed by atoms with Crippen LogP contribution < -0.4 is 5.43 Å². The number of nitrogens with zero attached hydrogens (tertiary/aromatic N) is 2. The first-order chi connectivity index (χ1) is 4.20. The van der Waals surface area contributed by atoms with Gasteiger partial charge in [-0.05, 0) is 0 Å². The molecule has 0 spiro atoms. The average molecular weight is 130 g/mol. The van der Waals surface area contributed by atoms with E-state index >= 15 is 0 Å². The van der Waals surface area contributed by atoms with Crippen molar-refractivity contribution in [3.05, 3.63) is 16.7 Å². The predicted molar refractivity (Wildman–Crippen MR) is 30.8 cm³/mol. The van der Waals surface area contributed by atoms with Gasteiger partial charge in [0.2, 0.25) is 6.04 Å². The first-order valence-electron chi connectivity index (χ1n) is 2.64. The van der Waals surface area contributed by atoms with Gasteiger partial charge in [0.05, 0.1) is 6.54 Å². The highest BCUT2D eigenvalue weighted by atomic mass is 16.6. The minimum absolute atomic E-state index is 0.309. The van der Waals surface area contributed by atoms with Gasteiger partial charge in [-0.25, -0.2) is 10.4 Å². The lowest BCUT2D eigenvalue weighted by Crippen LogP contribution is -2.25. The normalized spacial score (nSPS) is 28.8. The zero-order valence-corrected chi connectivity index (χ0v) is 5.07. The molecule has 5 nitrogen and oxygen atoms in total. The van der Waals surface area contributed by atoms with Crippen molar-refractivity contribution in [1.82, 2.24) is 10.4 Å². The number of hydrazine groups is 1. The number of nitro groups is 1. The van der Waals surface area contributed by atoms with Gasteiger partial charge in [-0.15, -0.1) is 0 Å². The largest absolute Gasteiger partial charge is 0.264 e. The molecule has 0 aromatic carbocycles. The summed E-state index contributed by atoms with van der Waals surface area (Å²) in [5.41, 5.74) is 2.72. The van der Waals surface area contributed by atoms with Crippen LogP contribution >= 0.6 is 0 Å². The molecule has 0 saturated carbocycles. The highest BCUT2D eigenvalue weighted by Crippen LogP contribution is 2.01. The van der Waals surface area contributed by atoms with E-state index in [0.717, 1.165) is 0 Å². The highest BCUT2D eigenvalue weighted by Gasteiger charge is 2.28. The van der Waals surface area contributed by atoms with Crippen molar-refractivity contribution in [3.63, 3.8) is 0 Å². The summed E-state index contributed by atoms with van der Waals surface area (Å²) in [7, 11) is 1.76. The van der Waals surface area contributed by atoms with Crippen molar-refractivity contribution in [2.45, 2.75) is 6.04 Å². The molecular formula is C4H8N3O2. The number of hydrogen-bond acceptors (Lipinski definition) is 4. The van der Waals surface area contributed by atoms with Gasteiger partial charge in [0.1, 0.15) is 6.54 Å². The van der Waals surface area contributed by atoms with E-state index in [0.29, 0.717) is 6.54 Å². The molecule has 1 unspecified atom stereocenters. The van der Waals surface area contributed by atoms with Gasteiger partial charge in [0.25, 0.3) is 0 Å². The van der Waals surface area contributed by atoms with Crippen LogP contribution in [0.25, 0.3) is 0 Å². The van der Waals surface area contributed by atoms with E-state index in [1.807, 2.05) is 0 Å². The van der Waals surface area contributed by atoms with E-state index < -0.39 is 6.04 Å². The Balaban J connectivity index is 2.39. The highest BCUT2D eigenvalue weighted by molar-refractivity contribution is 4.80. The van der Waals surface area contributed by atoms with E-state index in [1.165, 1.54) is 6.54 Å². The smallest absolute Gasteiger partial charge is 0.245 e. The second-order valence-corrected chi connectivity index (χ2v) is 2.03. The van der Waals surface area contributed by atoms with Crippen LogP contribution in [0, 0.1) is 16.7 Å². The first-order valence-corrected chi connectivity index (χ1v) is 2.64. The molecule has 0 aliphatic carbocycles. The third-order valence-corrected chi connectivity index (χ3v) is 1.22. The molecule has 9 heavy (non-hydrogen) atoms. The van der Waals surface area contributed by atoms with Gasteiger partial charge in [-0.2, -0.15) is 0 Å². The van der Waals surface area contributed by atoms with Crippen molar-refractivity contribution in [1.29, 1.82) is 0 Å². The van der Waals surface area contributed by atoms with Gasteiger partial charge in [0.15, 0.2) is 0 Å². The van der Waals surface area contributed by atoms with Crippen LogP contribution in [0.3, 0.4) is 0 Å². The number of rotatable bonds is 1. The zero-order valence-electron chi connectivity index (χ0n) is 5.07. The van der Waals surface area contributed by atoms with E-state index in [4.69, 9.17) is 0 Å². The van der Waals surface area contributed by atoms with Crippen molar-refractivity contribution >= 4 is 0 Å². The standard InChI is InChI=1S/C4H8N3O2/c1-6-3-4(2-5-6)7(8)9/h2,4-5H,3H2,1H3. The second kappa shape index (κ2) is 2.28. The summed E-state index contributed by atoms with van der Waals surface area (Å²) >= 11 is 0. The fraction of sp³-hybridized carbons (Fsp3) is 0.750. The minimum atomic E-state index is -0.546. The monoisotopic (exact) mass is 130 g/mol. The van der Waals surface area contributed by atoms with Crippen LogP contribution in [0.5, 0.6) is 0 Å². The molecule has 1 N–H and O–H groups in total.